The zero-order valence-electron chi connectivity index (χ0n) is 10.3. The molecule has 1 fully saturated rings. The van der Waals surface area contributed by atoms with E-state index < -0.39 is 0 Å². The van der Waals surface area contributed by atoms with E-state index in [0.717, 1.165) is 31.9 Å². The van der Waals surface area contributed by atoms with Crippen molar-refractivity contribution in [2.75, 3.05) is 39.0 Å². The third-order valence-corrected chi connectivity index (χ3v) is 3.09. The van der Waals surface area contributed by atoms with E-state index in [-0.39, 0.29) is 5.91 Å². The molecular formula is C12H18N4O. The predicted molar refractivity (Wildman–Crippen MR) is 66.8 cm³/mol. The number of anilines is 1. The molecule has 1 aromatic rings. The molecule has 2 heterocycles. The maximum absolute atomic E-state index is 12.2. The Morgan fingerprint density at radius 1 is 1.35 bits per heavy atom. The van der Waals surface area contributed by atoms with Gasteiger partial charge in [0.2, 0.25) is 0 Å². The minimum atomic E-state index is -0.0110. The number of hydrogen-bond acceptors (Lipinski definition) is 4. The Balaban J connectivity index is 2.14. The van der Waals surface area contributed by atoms with Gasteiger partial charge in [0.1, 0.15) is 0 Å². The molecule has 1 aliphatic heterocycles. The first-order valence-electron chi connectivity index (χ1n) is 5.78. The highest BCUT2D eigenvalue weighted by molar-refractivity contribution is 5.98. The highest BCUT2D eigenvalue weighted by atomic mass is 16.2. The fourth-order valence-electron chi connectivity index (χ4n) is 1.94. The van der Waals surface area contributed by atoms with Gasteiger partial charge in [0.15, 0.2) is 0 Å². The molecule has 0 unspecified atom stereocenters. The fourth-order valence-corrected chi connectivity index (χ4v) is 1.94. The monoisotopic (exact) mass is 234 g/mol. The van der Waals surface area contributed by atoms with Crippen molar-refractivity contribution in [3.05, 3.63) is 23.5 Å². The van der Waals surface area contributed by atoms with Gasteiger partial charge in [0, 0.05) is 43.8 Å². The molecule has 2 rings (SSSR count). The van der Waals surface area contributed by atoms with Crippen LogP contribution in [0.4, 0.5) is 5.69 Å². The second-order valence-corrected chi connectivity index (χ2v) is 4.51. The molecule has 0 bridgehead atoms. The summed E-state index contributed by atoms with van der Waals surface area (Å²) in [6, 6.07) is 1.74. The first-order chi connectivity index (χ1) is 8.08. The molecule has 0 aromatic carbocycles. The number of carbonyl (C=O) groups is 1. The molecule has 1 saturated heterocycles. The molecule has 0 spiro atoms. The first kappa shape index (κ1) is 11.9. The van der Waals surface area contributed by atoms with Gasteiger partial charge in [0.05, 0.1) is 5.56 Å². The summed E-state index contributed by atoms with van der Waals surface area (Å²) in [6.45, 7) is 5.18. The third-order valence-electron chi connectivity index (χ3n) is 3.09. The number of likely N-dealkylation sites (N-methyl/N-ethyl adjacent to an activating group) is 1. The molecule has 1 aromatic heterocycles. The van der Waals surface area contributed by atoms with Crippen molar-refractivity contribution in [3.8, 4) is 0 Å². The van der Waals surface area contributed by atoms with Crippen LogP contribution in [0.15, 0.2) is 12.3 Å². The summed E-state index contributed by atoms with van der Waals surface area (Å²) >= 11 is 0. The van der Waals surface area contributed by atoms with Gasteiger partial charge in [-0.3, -0.25) is 9.78 Å². The molecule has 0 radical (unpaired) electrons. The van der Waals surface area contributed by atoms with Gasteiger partial charge >= 0.3 is 0 Å². The van der Waals surface area contributed by atoms with Gasteiger partial charge in [0.25, 0.3) is 5.91 Å². The number of nitrogens with two attached hydrogens (primary N) is 1. The Labute approximate surface area is 101 Å². The SMILES string of the molecule is Cc1cc(N)c(C(=O)N2CCN(C)CC2)cn1. The lowest BCUT2D eigenvalue weighted by molar-refractivity contribution is 0.0665. The number of hydrogen-bond donors (Lipinski definition) is 1. The Kier molecular flexibility index (Phi) is 3.28. The Bertz CT molecular complexity index is 425. The molecule has 2 N–H and O–H groups in total. The summed E-state index contributed by atoms with van der Waals surface area (Å²) in [4.78, 5) is 20.4. The van der Waals surface area contributed by atoms with Crippen molar-refractivity contribution in [1.29, 1.82) is 0 Å². The summed E-state index contributed by atoms with van der Waals surface area (Å²) in [7, 11) is 2.06. The highest BCUT2D eigenvalue weighted by Crippen LogP contribution is 2.15. The zero-order chi connectivity index (χ0) is 12.4. The van der Waals surface area contributed by atoms with Crippen LogP contribution >= 0.6 is 0 Å². The van der Waals surface area contributed by atoms with Crippen LogP contribution in [0.25, 0.3) is 0 Å². The largest absolute Gasteiger partial charge is 0.398 e. The molecule has 5 nitrogen and oxygen atoms in total. The minimum absolute atomic E-state index is 0.0110. The van der Waals surface area contributed by atoms with Gasteiger partial charge in [-0.25, -0.2) is 0 Å². The maximum atomic E-state index is 12.2. The van der Waals surface area contributed by atoms with Crippen LogP contribution in [0.5, 0.6) is 0 Å². The van der Waals surface area contributed by atoms with E-state index in [9.17, 15) is 4.79 Å². The van der Waals surface area contributed by atoms with Crippen LogP contribution in [-0.4, -0.2) is 53.9 Å². The number of aromatic nitrogens is 1. The fraction of sp³-hybridized carbons (Fsp3) is 0.500. The Hall–Kier alpha value is -1.62. The van der Waals surface area contributed by atoms with E-state index in [1.165, 1.54) is 0 Å². The van der Waals surface area contributed by atoms with Crippen molar-refractivity contribution in [2.45, 2.75) is 6.92 Å². The highest BCUT2D eigenvalue weighted by Gasteiger charge is 2.22. The van der Waals surface area contributed by atoms with E-state index >= 15 is 0 Å². The smallest absolute Gasteiger partial charge is 0.257 e. The average molecular weight is 234 g/mol. The predicted octanol–water partition coefficient (Wildman–Crippen LogP) is 0.360. The quantitative estimate of drug-likeness (QED) is 0.762. The number of pyridine rings is 1. The molecule has 0 aliphatic carbocycles. The third kappa shape index (κ3) is 2.55. The first-order valence-corrected chi connectivity index (χ1v) is 5.78. The number of piperazine rings is 1. The van der Waals surface area contributed by atoms with Crippen LogP contribution in [0.3, 0.4) is 0 Å². The molecule has 0 atom stereocenters. The van der Waals surface area contributed by atoms with Gasteiger partial charge < -0.3 is 15.5 Å². The molecular weight excluding hydrogens is 216 g/mol. The Morgan fingerprint density at radius 3 is 2.59 bits per heavy atom. The lowest BCUT2D eigenvalue weighted by Crippen LogP contribution is -2.47. The van der Waals surface area contributed by atoms with Crippen LogP contribution in [0.1, 0.15) is 16.1 Å². The van der Waals surface area contributed by atoms with Gasteiger partial charge in [-0.2, -0.15) is 0 Å². The lowest BCUT2D eigenvalue weighted by Gasteiger charge is -2.32. The van der Waals surface area contributed by atoms with Gasteiger partial charge in [-0.05, 0) is 20.0 Å². The molecule has 17 heavy (non-hydrogen) atoms. The second-order valence-electron chi connectivity index (χ2n) is 4.51. The number of nitrogen functional groups attached to an aromatic ring is 1. The van der Waals surface area contributed by atoms with E-state index in [4.69, 9.17) is 5.73 Å². The molecule has 1 amide bonds. The van der Waals surface area contributed by atoms with Crippen molar-refractivity contribution in [2.24, 2.45) is 0 Å². The maximum Gasteiger partial charge on any atom is 0.257 e. The van der Waals surface area contributed by atoms with E-state index in [2.05, 4.69) is 16.9 Å². The van der Waals surface area contributed by atoms with Crippen LogP contribution in [0.2, 0.25) is 0 Å². The molecule has 5 heteroatoms. The van der Waals surface area contributed by atoms with Gasteiger partial charge in [-0.15, -0.1) is 0 Å². The van der Waals surface area contributed by atoms with Crippen LogP contribution in [0, 0.1) is 6.92 Å². The van der Waals surface area contributed by atoms with E-state index in [1.54, 1.807) is 12.3 Å². The topological polar surface area (TPSA) is 62.5 Å². The Morgan fingerprint density at radius 2 is 2.00 bits per heavy atom. The number of amides is 1. The summed E-state index contributed by atoms with van der Waals surface area (Å²) in [5.74, 6) is -0.0110. The standard InChI is InChI=1S/C12H18N4O/c1-9-7-11(13)10(8-14-9)12(17)16-5-3-15(2)4-6-16/h7-8H,3-6H2,1-2H3,(H2,13,14). The number of rotatable bonds is 1. The number of nitrogens with zero attached hydrogens (tertiary/aromatic N) is 3. The summed E-state index contributed by atoms with van der Waals surface area (Å²) < 4.78 is 0. The summed E-state index contributed by atoms with van der Waals surface area (Å²) in [5, 5.41) is 0. The molecule has 0 saturated carbocycles. The van der Waals surface area contributed by atoms with E-state index in [1.807, 2.05) is 11.8 Å². The zero-order valence-corrected chi connectivity index (χ0v) is 10.3. The minimum Gasteiger partial charge on any atom is -0.398 e. The molecule has 92 valence electrons. The molecule has 1 aliphatic rings. The van der Waals surface area contributed by atoms with Gasteiger partial charge in [-0.1, -0.05) is 0 Å². The number of carbonyl (C=O) groups excluding carboxylic acids is 1. The van der Waals surface area contributed by atoms with Crippen molar-refractivity contribution >= 4 is 11.6 Å². The number of aryl methyl sites for hydroxylation is 1. The second kappa shape index (κ2) is 4.71. The normalized spacial score (nSPS) is 17.2. The van der Waals surface area contributed by atoms with E-state index in [0.29, 0.717) is 11.3 Å². The summed E-state index contributed by atoms with van der Waals surface area (Å²) in [5.41, 5.74) is 7.72. The lowest BCUT2D eigenvalue weighted by atomic mass is 10.1. The van der Waals surface area contributed by atoms with Crippen LogP contribution < -0.4 is 5.73 Å². The van der Waals surface area contributed by atoms with Crippen molar-refractivity contribution in [3.63, 3.8) is 0 Å². The summed E-state index contributed by atoms with van der Waals surface area (Å²) in [6.07, 6.45) is 1.57. The van der Waals surface area contributed by atoms with Crippen LogP contribution in [-0.2, 0) is 0 Å². The van der Waals surface area contributed by atoms with Crippen molar-refractivity contribution < 1.29 is 4.79 Å². The van der Waals surface area contributed by atoms with Crippen molar-refractivity contribution in [1.82, 2.24) is 14.8 Å². The average Bonchev–Trinajstić information content (AvgIpc) is 2.29.